The molecule has 6 heterocycles. The van der Waals surface area contributed by atoms with Crippen molar-refractivity contribution in [3.8, 4) is 0 Å². The van der Waals surface area contributed by atoms with Gasteiger partial charge in [0.1, 0.15) is 7.05 Å². The van der Waals surface area contributed by atoms with Crippen LogP contribution in [0.5, 0.6) is 0 Å². The number of nitrogens with zero attached hydrogens (tertiary/aromatic N) is 17. The van der Waals surface area contributed by atoms with E-state index < -0.39 is 99.3 Å². The summed E-state index contributed by atoms with van der Waals surface area (Å²) < 4.78 is 0.482. The van der Waals surface area contributed by atoms with Crippen LogP contribution >= 0.6 is 0 Å². The van der Waals surface area contributed by atoms with E-state index in [2.05, 4.69) is 5.10 Å². The highest BCUT2D eigenvalue weighted by molar-refractivity contribution is 5.59. The van der Waals surface area contributed by atoms with Gasteiger partial charge in [-0.3, -0.25) is 10.1 Å². The lowest BCUT2D eigenvalue weighted by atomic mass is 10.2. The molecule has 0 spiro atoms. The summed E-state index contributed by atoms with van der Waals surface area (Å²) in [5.74, 6) is -2.17. The largest absolute Gasteiger partial charge is 0.498 e. The third kappa shape index (κ3) is 4.01. The van der Waals surface area contributed by atoms with Crippen molar-refractivity contribution >= 4 is 17.3 Å². The fraction of sp³-hybridized carbons (Fsp3) is 0.700. The molecule has 6 rings (SSSR count). The lowest BCUT2D eigenvalue weighted by Gasteiger charge is -2.39. The zero-order valence-corrected chi connectivity index (χ0v) is 20.9. The van der Waals surface area contributed by atoms with E-state index in [0.29, 0.717) is 4.68 Å². The van der Waals surface area contributed by atoms with Gasteiger partial charge in [-0.15, -0.1) is 0 Å². The summed E-state index contributed by atoms with van der Waals surface area (Å²) in [6.07, 6.45) is -14.4. The van der Waals surface area contributed by atoms with E-state index in [0.717, 1.165) is 7.05 Å². The Morgan fingerprint density at radius 3 is 0.844 bits per heavy atom. The molecule has 0 radical (unpaired) electrons. The van der Waals surface area contributed by atoms with Crippen LogP contribution in [0.25, 0.3) is 0 Å². The Morgan fingerprint density at radius 1 is 0.444 bits per heavy atom. The van der Waals surface area contributed by atoms with Gasteiger partial charge in [0.15, 0.2) is 35.3 Å². The standard InChI is InChI=1S/C6H6N12O12.C4H3N5O6/c19-13(20)7-1-2-8(14(21)22)5(7)6-9(15(23)24)3(11(1)17(27)28)4(10(6)16(25)26)12(2)18(29)30;1-6-4(9(14)15)2(7(10)11)3(5-6)8(12)13/h1-6H;1H3/t1-,2+,3+,4-,5?,6?;. The maximum Gasteiger partial charge on any atom is 0.498 e. The van der Waals surface area contributed by atoms with Gasteiger partial charge < -0.3 is 20.2 Å². The lowest BCUT2D eigenvalue weighted by molar-refractivity contribution is -0.792. The molecule has 0 saturated carbocycles. The zero-order chi connectivity index (χ0) is 34.1. The van der Waals surface area contributed by atoms with Crippen LogP contribution in [0.1, 0.15) is 0 Å². The molecule has 5 saturated heterocycles. The minimum absolute atomic E-state index is 0.180. The number of hydrogen-bond donors (Lipinski definition) is 0. The highest BCUT2D eigenvalue weighted by atomic mass is 16.7. The van der Waals surface area contributed by atoms with Crippen LogP contribution < -0.4 is 0 Å². The number of aryl methyl sites for hydroxylation is 1. The molecule has 5 fully saturated rings. The van der Waals surface area contributed by atoms with E-state index in [1.165, 1.54) is 0 Å². The Labute approximate surface area is 238 Å². The second kappa shape index (κ2) is 9.86. The average molecular weight is 655 g/mol. The van der Waals surface area contributed by atoms with E-state index in [1.54, 1.807) is 0 Å². The Balaban J connectivity index is 0.000000259. The Morgan fingerprint density at radius 2 is 0.689 bits per heavy atom. The SMILES string of the molecule is Cn1nc([N+](=O)[O-])c([N+](=O)[O-])c1[N+](=O)[O-].O=[N+]([O-])N1C2C3N([N+](=O)[O-])[C@H]4[C@@H](N3[N+](=O)[O-])N([N+](=O)[O-])[C@@H]1[C@@H](N2[N+](=O)[O-])N4[N+](=O)[O-]. The van der Waals surface area contributed by atoms with Crippen molar-refractivity contribution in [2.45, 2.75) is 37.0 Å². The van der Waals surface area contributed by atoms with Crippen LogP contribution in [-0.4, -0.2) is 122 Å². The van der Waals surface area contributed by atoms with Gasteiger partial charge in [-0.25, -0.2) is 60.7 Å². The first-order valence-electron chi connectivity index (χ1n) is 10.8. The molecule has 1 aromatic rings. The minimum Gasteiger partial charge on any atom is -0.358 e. The smallest absolute Gasteiger partial charge is 0.358 e. The third-order valence-electron chi connectivity index (χ3n) is 6.69. The molecular formula is C10H9N17O18. The van der Waals surface area contributed by atoms with Crippen LogP contribution in [-0.2, 0) is 7.05 Å². The first kappa shape index (κ1) is 30.6. The Kier molecular flexibility index (Phi) is 6.70. The van der Waals surface area contributed by atoms with Gasteiger partial charge in [-0.2, -0.15) is 0 Å². The first-order valence-corrected chi connectivity index (χ1v) is 10.8. The molecule has 0 aliphatic carbocycles. The number of hydrazine groups is 6. The molecule has 0 atom stereocenters. The molecule has 0 unspecified atom stereocenters. The fourth-order valence-electron chi connectivity index (χ4n) is 5.45. The molecule has 35 nitrogen and oxygen atoms in total. The van der Waals surface area contributed by atoms with Crippen molar-refractivity contribution < 1.29 is 45.0 Å². The molecule has 6 bridgehead atoms. The second-order valence-corrected chi connectivity index (χ2v) is 8.58. The van der Waals surface area contributed by atoms with Crippen LogP contribution in [0, 0.1) is 91.0 Å². The monoisotopic (exact) mass is 655 g/mol. The first-order chi connectivity index (χ1) is 20.8. The van der Waals surface area contributed by atoms with Gasteiger partial charge in [0.25, 0.3) is 37.0 Å². The van der Waals surface area contributed by atoms with Crippen LogP contribution in [0.15, 0.2) is 0 Å². The molecule has 242 valence electrons. The molecule has 35 heteroatoms. The van der Waals surface area contributed by atoms with E-state index in [1.807, 2.05) is 0 Å². The third-order valence-corrected chi connectivity index (χ3v) is 6.69. The van der Waals surface area contributed by atoms with Crippen molar-refractivity contribution in [3.05, 3.63) is 91.0 Å². The summed E-state index contributed by atoms with van der Waals surface area (Å²) in [7, 11) is 1.01. The molecule has 5 aliphatic rings. The average Bonchev–Trinajstić information content (AvgIpc) is 3.49. The molecule has 5 aliphatic heterocycles. The highest BCUT2D eigenvalue weighted by Gasteiger charge is 2.89. The Hall–Kier alpha value is -7.39. The summed E-state index contributed by atoms with van der Waals surface area (Å²) in [6.45, 7) is 0. The van der Waals surface area contributed by atoms with Gasteiger partial charge in [-0.05, 0) is 14.5 Å². The molecule has 45 heavy (non-hydrogen) atoms. The minimum atomic E-state index is -2.47. The van der Waals surface area contributed by atoms with Crippen LogP contribution in [0.4, 0.5) is 17.3 Å². The van der Waals surface area contributed by atoms with Crippen molar-refractivity contribution in [1.82, 2.24) is 39.8 Å². The number of nitro groups is 9. The molecule has 1 aromatic heterocycles. The number of hydrogen-bond acceptors (Lipinski definition) is 19. The predicted molar refractivity (Wildman–Crippen MR) is 119 cm³/mol. The number of aromatic nitrogens is 2. The van der Waals surface area contributed by atoms with Crippen molar-refractivity contribution in [3.63, 3.8) is 0 Å². The quantitative estimate of drug-likeness (QED) is 0.181. The predicted octanol–water partition coefficient (Wildman–Crippen LogP) is -3.90. The fourth-order valence-corrected chi connectivity index (χ4v) is 5.45. The van der Waals surface area contributed by atoms with Crippen LogP contribution in [0.3, 0.4) is 0 Å². The summed E-state index contributed by atoms with van der Waals surface area (Å²) in [6, 6.07) is 0. The van der Waals surface area contributed by atoms with Crippen molar-refractivity contribution in [1.29, 1.82) is 0 Å². The van der Waals surface area contributed by atoms with Gasteiger partial charge in [0, 0.05) is 0 Å². The van der Waals surface area contributed by atoms with Crippen molar-refractivity contribution in [2.24, 2.45) is 7.05 Å². The van der Waals surface area contributed by atoms with Gasteiger partial charge in [0.2, 0.25) is 0 Å². The number of piperazine rings is 1. The maximum atomic E-state index is 11.7. The summed E-state index contributed by atoms with van der Waals surface area (Å²) in [5.41, 5.74) is -1.22. The molecule has 0 amide bonds. The normalized spacial score (nSPS) is 25.4. The number of rotatable bonds is 9. The van der Waals surface area contributed by atoms with E-state index in [4.69, 9.17) is 0 Å². The van der Waals surface area contributed by atoms with Gasteiger partial charge in [0.05, 0.1) is 4.92 Å². The van der Waals surface area contributed by atoms with Gasteiger partial charge in [-0.1, -0.05) is 30.1 Å². The lowest BCUT2D eigenvalue weighted by Crippen LogP contribution is -2.77. The van der Waals surface area contributed by atoms with E-state index >= 15 is 0 Å². The van der Waals surface area contributed by atoms with E-state index in [-0.39, 0.29) is 30.1 Å². The van der Waals surface area contributed by atoms with Crippen molar-refractivity contribution in [2.75, 3.05) is 0 Å². The summed E-state index contributed by atoms with van der Waals surface area (Å²) >= 11 is 0. The topological polar surface area (TPSA) is 426 Å². The molecule has 0 aromatic carbocycles. The Bertz CT molecular complexity index is 1460. The van der Waals surface area contributed by atoms with Gasteiger partial charge >= 0.3 is 17.3 Å². The molecular weight excluding hydrogens is 646 g/mol. The second-order valence-electron chi connectivity index (χ2n) is 8.58. The maximum absolute atomic E-state index is 11.7. The zero-order valence-electron chi connectivity index (χ0n) is 20.9. The molecule has 0 N–H and O–H groups in total. The van der Waals surface area contributed by atoms with E-state index in [9.17, 15) is 91.0 Å². The van der Waals surface area contributed by atoms with Crippen LogP contribution in [0.2, 0.25) is 0 Å². The summed E-state index contributed by atoms with van der Waals surface area (Å²) in [4.78, 5) is 97.6. The highest BCUT2D eigenvalue weighted by Crippen LogP contribution is 2.51. The summed E-state index contributed by atoms with van der Waals surface area (Å²) in [5, 5.41) is 94.7.